The third-order valence-corrected chi connectivity index (χ3v) is 2.16. The van der Waals surface area contributed by atoms with Crippen molar-refractivity contribution < 1.29 is 12.3 Å². The van der Waals surface area contributed by atoms with Crippen molar-refractivity contribution in [3.05, 3.63) is 11.6 Å². The van der Waals surface area contributed by atoms with Crippen molar-refractivity contribution in [2.24, 2.45) is 11.1 Å². The van der Waals surface area contributed by atoms with Crippen molar-refractivity contribution in [3.8, 4) is 0 Å². The monoisotopic (exact) mass is 193 g/mol. The highest BCUT2D eigenvalue weighted by atomic mass is 32.3. The molecule has 1 saturated carbocycles. The maximum atomic E-state index is 10.4. The van der Waals surface area contributed by atoms with E-state index in [1.807, 2.05) is 0 Å². The summed E-state index contributed by atoms with van der Waals surface area (Å²) in [6, 6.07) is 0. The van der Waals surface area contributed by atoms with E-state index < -0.39 is 10.4 Å². The van der Waals surface area contributed by atoms with Gasteiger partial charge < -0.3 is 0 Å². The minimum Gasteiger partial charge on any atom is -0.202 e. The van der Waals surface area contributed by atoms with Gasteiger partial charge in [0.1, 0.15) is 0 Å². The molecular weight excluding hydrogens is 181 g/mol. The summed E-state index contributed by atoms with van der Waals surface area (Å²) >= 11 is 0. The van der Waals surface area contributed by atoms with E-state index in [1.54, 1.807) is 5.57 Å². The number of hydrogen-bond donors (Lipinski definition) is 1. The molecule has 1 atom stereocenters. The Morgan fingerprint density at radius 1 is 1.58 bits per heavy atom. The number of allylic oxidation sites excluding steroid dienone is 2. The van der Waals surface area contributed by atoms with E-state index in [4.69, 9.17) is 8.42 Å². The minimum absolute atomic E-state index is 1.08. The molecule has 1 fully saturated rings. The molecule has 2 N–H and O–H groups in total. The molecule has 0 aromatic rings. The van der Waals surface area contributed by atoms with Crippen LogP contribution in [0.25, 0.3) is 0 Å². The molecule has 1 unspecified atom stereocenters. The van der Waals surface area contributed by atoms with E-state index in [-0.39, 0.29) is 0 Å². The van der Waals surface area contributed by atoms with E-state index in [0.29, 0.717) is 0 Å². The van der Waals surface area contributed by atoms with Gasteiger partial charge in [0.25, 0.3) is 0 Å². The number of rotatable bonds is 0. The Morgan fingerprint density at radius 2 is 2.17 bits per heavy atom. The van der Waals surface area contributed by atoms with Crippen LogP contribution in [0.5, 0.6) is 0 Å². The Kier molecular flexibility index (Phi) is 2.85. The largest absolute Gasteiger partial charge is 0.369 e. The quantitative estimate of drug-likeness (QED) is 0.465. The number of nitrogens with two attached hydrogens (primary N) is 1. The van der Waals surface area contributed by atoms with Crippen molar-refractivity contribution in [1.82, 2.24) is 0 Å². The Balaban J connectivity index is 0.000000130. The number of hydrogen-bond acceptors (Lipinski definition) is 2. The van der Waals surface area contributed by atoms with Crippen molar-refractivity contribution in [3.63, 3.8) is 0 Å². The SMILES string of the molecule is C1=C2CCC(C1)C2.NS(=O)(=O)F. The van der Waals surface area contributed by atoms with Crippen LogP contribution in [0.4, 0.5) is 3.89 Å². The lowest BCUT2D eigenvalue weighted by Crippen LogP contribution is -2.01. The van der Waals surface area contributed by atoms with Gasteiger partial charge in [0.15, 0.2) is 0 Å². The Bertz CT molecular complexity index is 276. The van der Waals surface area contributed by atoms with Gasteiger partial charge >= 0.3 is 10.4 Å². The van der Waals surface area contributed by atoms with Gasteiger partial charge in [-0.25, -0.2) is 5.14 Å². The lowest BCUT2D eigenvalue weighted by Gasteiger charge is -1.98. The average Bonchev–Trinajstić information content (AvgIpc) is 2.42. The summed E-state index contributed by atoms with van der Waals surface area (Å²) in [4.78, 5) is 0. The molecule has 3 nitrogen and oxygen atoms in total. The molecule has 12 heavy (non-hydrogen) atoms. The lowest BCUT2D eigenvalue weighted by atomic mass is 10.1. The standard InChI is InChI=1S/C7H10.FH2NO2S/c1-2-7-4-3-6(1)5-7;1-5(2,3)4/h1,7H,2-5H2;(H2,2,3,4). The zero-order valence-electron chi connectivity index (χ0n) is 6.66. The third kappa shape index (κ3) is 3.82. The first-order chi connectivity index (χ1) is 5.45. The van der Waals surface area contributed by atoms with E-state index in [0.717, 1.165) is 5.92 Å². The molecule has 70 valence electrons. The van der Waals surface area contributed by atoms with Crippen LogP contribution in [0.2, 0.25) is 0 Å². The van der Waals surface area contributed by atoms with Crippen LogP contribution >= 0.6 is 0 Å². The number of halogens is 1. The van der Waals surface area contributed by atoms with Crippen LogP contribution in [-0.4, -0.2) is 8.42 Å². The van der Waals surface area contributed by atoms with Gasteiger partial charge in [-0.15, -0.1) is 0 Å². The molecule has 0 saturated heterocycles. The Hall–Kier alpha value is -0.420. The van der Waals surface area contributed by atoms with Crippen LogP contribution in [0, 0.1) is 5.92 Å². The molecule has 0 aromatic carbocycles. The summed E-state index contributed by atoms with van der Waals surface area (Å²) in [6.07, 6.45) is 8.18. The van der Waals surface area contributed by atoms with Crippen molar-refractivity contribution in [1.29, 1.82) is 0 Å². The molecule has 0 spiro atoms. The van der Waals surface area contributed by atoms with Gasteiger partial charge in [-0.3, -0.25) is 0 Å². The van der Waals surface area contributed by atoms with E-state index >= 15 is 0 Å². The molecule has 0 aromatic heterocycles. The van der Waals surface area contributed by atoms with E-state index in [9.17, 15) is 3.89 Å². The van der Waals surface area contributed by atoms with Crippen molar-refractivity contribution >= 4 is 10.4 Å². The van der Waals surface area contributed by atoms with Gasteiger partial charge in [-0.1, -0.05) is 15.5 Å². The first kappa shape index (κ1) is 9.67. The second-order valence-corrected chi connectivity index (χ2v) is 4.13. The second kappa shape index (κ2) is 3.53. The maximum absolute atomic E-state index is 10.4. The van der Waals surface area contributed by atoms with Crippen molar-refractivity contribution in [2.45, 2.75) is 25.7 Å². The van der Waals surface area contributed by atoms with Gasteiger partial charge in [0, 0.05) is 0 Å². The highest BCUT2D eigenvalue weighted by molar-refractivity contribution is 7.83. The van der Waals surface area contributed by atoms with Gasteiger partial charge in [-0.2, -0.15) is 8.42 Å². The first-order valence-electron chi connectivity index (χ1n) is 3.85. The molecule has 2 aliphatic carbocycles. The summed E-state index contributed by atoms with van der Waals surface area (Å²) < 4.78 is 27.9. The summed E-state index contributed by atoms with van der Waals surface area (Å²) in [5, 5.41) is 3.66. The van der Waals surface area contributed by atoms with E-state index in [2.05, 4.69) is 11.2 Å². The predicted molar refractivity (Wildman–Crippen MR) is 44.3 cm³/mol. The molecule has 5 heteroatoms. The van der Waals surface area contributed by atoms with Gasteiger partial charge in [0.2, 0.25) is 0 Å². The maximum Gasteiger partial charge on any atom is 0.369 e. The zero-order valence-corrected chi connectivity index (χ0v) is 7.48. The normalized spacial score (nSPS) is 26.2. The highest BCUT2D eigenvalue weighted by Crippen LogP contribution is 2.38. The van der Waals surface area contributed by atoms with Gasteiger partial charge in [0.05, 0.1) is 0 Å². The number of fused-ring (bicyclic) bond motifs is 2. The van der Waals surface area contributed by atoms with Crippen molar-refractivity contribution in [2.75, 3.05) is 0 Å². The van der Waals surface area contributed by atoms with E-state index in [1.165, 1.54) is 25.7 Å². The average molecular weight is 193 g/mol. The molecule has 2 aliphatic rings. The van der Waals surface area contributed by atoms with Crippen LogP contribution in [0.1, 0.15) is 25.7 Å². The zero-order chi connectivity index (χ0) is 9.19. The molecule has 2 bridgehead atoms. The summed E-state index contributed by atoms with van der Waals surface area (Å²) in [7, 11) is -4.67. The first-order valence-corrected chi connectivity index (χ1v) is 5.30. The van der Waals surface area contributed by atoms with Crippen LogP contribution in [-0.2, 0) is 10.4 Å². The molecule has 0 heterocycles. The fraction of sp³-hybridized carbons (Fsp3) is 0.714. The van der Waals surface area contributed by atoms with Gasteiger partial charge in [-0.05, 0) is 31.6 Å². The highest BCUT2D eigenvalue weighted by Gasteiger charge is 2.22. The fourth-order valence-electron chi connectivity index (χ4n) is 1.68. The Morgan fingerprint density at radius 3 is 2.25 bits per heavy atom. The summed E-state index contributed by atoms with van der Waals surface area (Å²) in [5.74, 6) is 1.08. The minimum atomic E-state index is -4.67. The second-order valence-electron chi connectivity index (χ2n) is 3.18. The summed E-state index contributed by atoms with van der Waals surface area (Å²) in [6.45, 7) is 0. The molecule has 2 rings (SSSR count). The molecular formula is C7H12FNO2S. The lowest BCUT2D eigenvalue weighted by molar-refractivity contribution is 0.554. The fourth-order valence-corrected chi connectivity index (χ4v) is 1.68. The van der Waals surface area contributed by atoms with Crippen LogP contribution < -0.4 is 5.14 Å². The smallest absolute Gasteiger partial charge is 0.202 e. The third-order valence-electron chi connectivity index (χ3n) is 2.16. The predicted octanol–water partition coefficient (Wildman–Crippen LogP) is 1.28. The topological polar surface area (TPSA) is 60.2 Å². The molecule has 0 aliphatic heterocycles. The van der Waals surface area contributed by atoms with Crippen LogP contribution in [0.3, 0.4) is 0 Å². The van der Waals surface area contributed by atoms with Crippen LogP contribution in [0.15, 0.2) is 11.6 Å². The molecule has 0 amide bonds. The molecule has 0 radical (unpaired) electrons. The summed E-state index contributed by atoms with van der Waals surface area (Å²) in [5.41, 5.74) is 1.74. The Labute approximate surface area is 71.8 Å².